The lowest BCUT2D eigenvalue weighted by Crippen LogP contribution is -2.38. The molecule has 0 radical (unpaired) electrons. The Bertz CT molecular complexity index is 1560. The number of hydrogen-bond acceptors (Lipinski definition) is 6. The van der Waals surface area contributed by atoms with Gasteiger partial charge in [0, 0.05) is 13.2 Å². The monoisotopic (exact) mass is 635 g/mol. The molecule has 0 aliphatic carbocycles. The maximum atomic E-state index is 14.0. The van der Waals surface area contributed by atoms with Gasteiger partial charge < -0.3 is 19.3 Å². The Morgan fingerprint density at radius 3 is 2.33 bits per heavy atom. The molecule has 0 bridgehead atoms. The Hall–Kier alpha value is -3.98. The average Bonchev–Trinajstić information content (AvgIpc) is 2.91. The molecule has 234 valence electrons. The highest BCUT2D eigenvalue weighted by atomic mass is 32.2. The van der Waals surface area contributed by atoms with Crippen LogP contribution in [0, 0.1) is 11.2 Å². The number of sulfonamides is 1. The Morgan fingerprint density at radius 2 is 1.74 bits per heavy atom. The standard InChI is InChI=1S/C22H15F6NO4S.C6H12O3/c23-16-8-14(9-17(12-16)33-21(24)25)13-4-5-20-19(10-13)29(6-7-32-20)34(30,31)18-3-1-2-15(11-18)22(26,27)28;1-6(2,4-9-3)5(7)8/h1-5,8-12,21H,6-7H2;4H2,1-3H3,(H,7,8). The fourth-order valence-electron chi connectivity index (χ4n) is 3.91. The van der Waals surface area contributed by atoms with Crippen LogP contribution in [0.3, 0.4) is 0 Å². The fraction of sp³-hybridized carbons (Fsp3) is 0.321. The minimum atomic E-state index is -4.74. The second-order valence-corrected chi connectivity index (χ2v) is 11.7. The number of carboxylic acid groups (broad SMARTS) is 1. The molecule has 0 spiro atoms. The summed E-state index contributed by atoms with van der Waals surface area (Å²) < 4.78 is 120. The van der Waals surface area contributed by atoms with Crippen LogP contribution in [0.15, 0.2) is 65.6 Å². The molecule has 1 aliphatic rings. The third-order valence-electron chi connectivity index (χ3n) is 6.04. The zero-order valence-corrected chi connectivity index (χ0v) is 23.8. The van der Waals surface area contributed by atoms with Crippen LogP contribution in [0.1, 0.15) is 19.4 Å². The van der Waals surface area contributed by atoms with Crippen LogP contribution >= 0.6 is 0 Å². The normalized spacial score (nSPS) is 13.5. The van der Waals surface area contributed by atoms with Crippen molar-refractivity contribution in [2.24, 2.45) is 5.41 Å². The number of fused-ring (bicyclic) bond motifs is 1. The summed E-state index contributed by atoms with van der Waals surface area (Å²) in [6.45, 7) is 0.0640. The van der Waals surface area contributed by atoms with E-state index in [2.05, 4.69) is 9.47 Å². The second kappa shape index (κ2) is 13.1. The highest BCUT2D eigenvalue weighted by molar-refractivity contribution is 7.92. The Kier molecular flexibility index (Phi) is 10.2. The van der Waals surface area contributed by atoms with Crippen LogP contribution in [0.25, 0.3) is 11.1 Å². The lowest BCUT2D eigenvalue weighted by molar-refractivity contribution is -0.149. The van der Waals surface area contributed by atoms with Crippen molar-refractivity contribution in [2.75, 3.05) is 31.2 Å². The number of rotatable bonds is 8. The number of halogens is 6. The number of aliphatic carboxylic acids is 1. The second-order valence-electron chi connectivity index (χ2n) is 9.81. The third kappa shape index (κ3) is 8.32. The van der Waals surface area contributed by atoms with E-state index < -0.39 is 56.2 Å². The molecule has 0 aromatic heterocycles. The zero-order valence-electron chi connectivity index (χ0n) is 23.0. The van der Waals surface area contributed by atoms with Crippen molar-refractivity contribution in [1.82, 2.24) is 0 Å². The van der Waals surface area contributed by atoms with Gasteiger partial charge in [-0.05, 0) is 67.4 Å². The van der Waals surface area contributed by atoms with Crippen LogP contribution < -0.4 is 13.8 Å². The number of carboxylic acids is 1. The van der Waals surface area contributed by atoms with Gasteiger partial charge >= 0.3 is 18.8 Å². The molecule has 3 aromatic rings. The van der Waals surface area contributed by atoms with Crippen molar-refractivity contribution in [1.29, 1.82) is 0 Å². The smallest absolute Gasteiger partial charge is 0.416 e. The van der Waals surface area contributed by atoms with Crippen LogP contribution in [0.2, 0.25) is 0 Å². The highest BCUT2D eigenvalue weighted by Gasteiger charge is 2.35. The SMILES string of the molecule is COCC(C)(C)C(=O)O.O=S(=O)(c1cccc(C(F)(F)F)c1)N1CCOc2ccc(-c3cc(F)cc(OC(F)F)c3)cc21. The van der Waals surface area contributed by atoms with E-state index >= 15 is 0 Å². The first-order valence-corrected chi connectivity index (χ1v) is 13.8. The molecule has 1 N–H and O–H groups in total. The first kappa shape index (κ1) is 33.5. The maximum absolute atomic E-state index is 14.0. The highest BCUT2D eigenvalue weighted by Crippen LogP contribution is 2.40. The van der Waals surface area contributed by atoms with Gasteiger partial charge in [-0.1, -0.05) is 12.1 Å². The van der Waals surface area contributed by atoms with E-state index in [9.17, 15) is 39.6 Å². The van der Waals surface area contributed by atoms with Crippen molar-refractivity contribution in [2.45, 2.75) is 31.5 Å². The molecule has 8 nitrogen and oxygen atoms in total. The summed E-state index contributed by atoms with van der Waals surface area (Å²) in [5, 5.41) is 8.49. The van der Waals surface area contributed by atoms with Gasteiger partial charge in [-0.15, -0.1) is 0 Å². The molecular formula is C28H27F6NO7S. The minimum Gasteiger partial charge on any atom is -0.489 e. The molecule has 0 amide bonds. The van der Waals surface area contributed by atoms with E-state index in [-0.39, 0.29) is 42.3 Å². The van der Waals surface area contributed by atoms with Gasteiger partial charge in [0.05, 0.1) is 34.7 Å². The lowest BCUT2D eigenvalue weighted by atomic mass is 9.96. The minimum absolute atomic E-state index is 0.00162. The van der Waals surface area contributed by atoms with E-state index in [1.165, 1.54) is 25.3 Å². The fourth-order valence-corrected chi connectivity index (χ4v) is 5.40. The van der Waals surface area contributed by atoms with E-state index in [1.54, 1.807) is 13.8 Å². The van der Waals surface area contributed by atoms with Gasteiger partial charge in [0.25, 0.3) is 10.0 Å². The molecule has 3 aromatic carbocycles. The molecule has 0 saturated carbocycles. The van der Waals surface area contributed by atoms with Crippen LogP contribution in [-0.4, -0.2) is 53.0 Å². The Balaban J connectivity index is 0.000000489. The molecular weight excluding hydrogens is 608 g/mol. The number of nitrogens with zero attached hydrogens (tertiary/aromatic N) is 1. The van der Waals surface area contributed by atoms with E-state index in [0.717, 1.165) is 40.7 Å². The van der Waals surface area contributed by atoms with Crippen molar-refractivity contribution in [3.8, 4) is 22.6 Å². The topological polar surface area (TPSA) is 102 Å². The summed E-state index contributed by atoms with van der Waals surface area (Å²) in [4.78, 5) is 9.76. The van der Waals surface area contributed by atoms with Crippen LogP contribution in [0.5, 0.6) is 11.5 Å². The third-order valence-corrected chi connectivity index (χ3v) is 7.85. The number of carbonyl (C=O) groups is 1. The molecule has 0 unspecified atom stereocenters. The van der Waals surface area contributed by atoms with Crippen LogP contribution in [0.4, 0.5) is 32.0 Å². The quantitative estimate of drug-likeness (QED) is 0.284. The van der Waals surface area contributed by atoms with E-state index in [0.29, 0.717) is 6.07 Å². The first-order valence-electron chi connectivity index (χ1n) is 12.4. The molecule has 1 heterocycles. The Labute approximate surface area is 243 Å². The van der Waals surface area contributed by atoms with Crippen molar-refractivity contribution < 1.29 is 58.9 Å². The number of methoxy groups -OCH3 is 1. The van der Waals surface area contributed by atoms with E-state index in [1.807, 2.05) is 0 Å². The molecule has 1 aliphatic heterocycles. The number of alkyl halides is 5. The molecule has 0 saturated heterocycles. The average molecular weight is 636 g/mol. The number of ether oxygens (including phenoxy) is 3. The van der Waals surface area contributed by atoms with Crippen molar-refractivity contribution in [3.05, 3.63) is 72.0 Å². The van der Waals surface area contributed by atoms with Gasteiger partial charge in [0.2, 0.25) is 0 Å². The van der Waals surface area contributed by atoms with Gasteiger partial charge in [0.15, 0.2) is 0 Å². The molecule has 4 rings (SSSR count). The molecule has 43 heavy (non-hydrogen) atoms. The summed E-state index contributed by atoms with van der Waals surface area (Å²) >= 11 is 0. The zero-order chi connectivity index (χ0) is 32.2. The summed E-state index contributed by atoms with van der Waals surface area (Å²) in [5.74, 6) is -2.00. The number of benzene rings is 3. The van der Waals surface area contributed by atoms with Gasteiger partial charge in [-0.3, -0.25) is 9.10 Å². The summed E-state index contributed by atoms with van der Waals surface area (Å²) in [6, 6.07) is 10.5. The van der Waals surface area contributed by atoms with E-state index in [4.69, 9.17) is 9.84 Å². The summed E-state index contributed by atoms with van der Waals surface area (Å²) in [6.07, 6.45) is -4.74. The predicted molar refractivity (Wildman–Crippen MR) is 143 cm³/mol. The van der Waals surface area contributed by atoms with Crippen LogP contribution in [-0.2, 0) is 25.7 Å². The molecule has 0 fully saturated rings. The van der Waals surface area contributed by atoms with Crippen molar-refractivity contribution >= 4 is 21.7 Å². The van der Waals surface area contributed by atoms with Crippen molar-refractivity contribution in [3.63, 3.8) is 0 Å². The molecule has 0 atom stereocenters. The molecule has 15 heteroatoms. The maximum Gasteiger partial charge on any atom is 0.416 e. The lowest BCUT2D eigenvalue weighted by Gasteiger charge is -2.31. The summed E-state index contributed by atoms with van der Waals surface area (Å²) in [5.41, 5.74) is -1.52. The van der Waals surface area contributed by atoms with Gasteiger partial charge in [-0.25, -0.2) is 12.8 Å². The largest absolute Gasteiger partial charge is 0.489 e. The number of hydrogen-bond donors (Lipinski definition) is 1. The summed E-state index contributed by atoms with van der Waals surface area (Å²) in [7, 11) is -2.94. The van der Waals surface area contributed by atoms with Gasteiger partial charge in [0.1, 0.15) is 23.9 Å². The van der Waals surface area contributed by atoms with Gasteiger partial charge in [-0.2, -0.15) is 22.0 Å². The predicted octanol–water partition coefficient (Wildman–Crippen LogP) is 6.44. The Morgan fingerprint density at radius 1 is 1.05 bits per heavy atom. The number of anilines is 1. The first-order chi connectivity index (χ1) is 20.0.